The number of nitrogen functional groups attached to an aromatic ring is 1. The normalized spacial score (nSPS) is 30.1. The van der Waals surface area contributed by atoms with Gasteiger partial charge in [-0.2, -0.15) is 4.98 Å². The molecular weight excluding hydrogens is 259 g/mol. The van der Waals surface area contributed by atoms with Gasteiger partial charge in [-0.05, 0) is 32.7 Å². The molecule has 2 bridgehead atoms. The molecule has 20 heavy (non-hydrogen) atoms. The van der Waals surface area contributed by atoms with Crippen molar-refractivity contribution in [1.29, 1.82) is 0 Å². The molecule has 0 aromatic carbocycles. The van der Waals surface area contributed by atoms with Gasteiger partial charge in [0.1, 0.15) is 0 Å². The van der Waals surface area contributed by atoms with E-state index in [-0.39, 0.29) is 17.8 Å². The van der Waals surface area contributed by atoms with Gasteiger partial charge in [0.05, 0.1) is 6.20 Å². The predicted molar refractivity (Wildman–Crippen MR) is 75.6 cm³/mol. The predicted octanol–water partition coefficient (Wildman–Crippen LogP) is 1.33. The number of halogens is 1. The van der Waals surface area contributed by atoms with E-state index in [1.807, 2.05) is 0 Å². The number of aromatic nitrogens is 2. The molecule has 0 spiro atoms. The average molecular weight is 280 g/mol. The summed E-state index contributed by atoms with van der Waals surface area (Å²) in [5, 5.41) is 3.22. The van der Waals surface area contributed by atoms with E-state index >= 15 is 0 Å². The highest BCUT2D eigenvalue weighted by atomic mass is 19.1. The van der Waals surface area contributed by atoms with E-state index < -0.39 is 5.82 Å². The van der Waals surface area contributed by atoms with E-state index in [2.05, 4.69) is 32.7 Å². The number of hydrogen-bond donors (Lipinski definition) is 3. The minimum absolute atomic E-state index is 0.224. The number of piperidine rings is 2. The molecule has 3 heterocycles. The van der Waals surface area contributed by atoms with E-state index in [9.17, 15) is 4.39 Å². The second-order valence-corrected chi connectivity index (χ2v) is 5.75. The van der Waals surface area contributed by atoms with E-state index in [0.717, 1.165) is 19.0 Å². The highest BCUT2D eigenvalue weighted by Gasteiger charge is 2.36. The van der Waals surface area contributed by atoms with Crippen LogP contribution in [0.2, 0.25) is 0 Å². The lowest BCUT2D eigenvalue weighted by Crippen LogP contribution is -2.52. The number of nitrogens with two attached hydrogens (primary N) is 1. The Bertz CT molecular complexity index is 468. The van der Waals surface area contributed by atoms with E-state index in [0.29, 0.717) is 12.1 Å². The molecule has 0 radical (unpaired) electrons. The lowest BCUT2D eigenvalue weighted by atomic mass is 9.82. The third-order valence-electron chi connectivity index (χ3n) is 4.55. The van der Waals surface area contributed by atoms with Gasteiger partial charge in [0.2, 0.25) is 5.95 Å². The first kappa shape index (κ1) is 13.5. The number of nitrogens with one attached hydrogen (secondary N) is 2. The van der Waals surface area contributed by atoms with Gasteiger partial charge in [-0.1, -0.05) is 6.42 Å². The molecule has 0 saturated carbocycles. The number of hydrogen-bond acceptors (Lipinski definition) is 6. The van der Waals surface area contributed by atoms with Crippen LogP contribution in [-0.2, 0) is 0 Å². The average Bonchev–Trinajstić information content (AvgIpc) is 2.42. The Morgan fingerprint density at radius 3 is 2.70 bits per heavy atom. The summed E-state index contributed by atoms with van der Waals surface area (Å²) in [7, 11) is 2.20. The fourth-order valence-corrected chi connectivity index (χ4v) is 3.46. The number of rotatable bonds is 3. The first-order valence-electron chi connectivity index (χ1n) is 7.15. The van der Waals surface area contributed by atoms with E-state index in [1.54, 1.807) is 0 Å². The number of hydrazine groups is 1. The molecule has 6 nitrogen and oxygen atoms in total. The lowest BCUT2D eigenvalue weighted by molar-refractivity contribution is 0.0607. The molecule has 2 fully saturated rings. The summed E-state index contributed by atoms with van der Waals surface area (Å²) in [6.45, 7) is 0. The van der Waals surface area contributed by atoms with Crippen molar-refractivity contribution in [2.75, 3.05) is 17.8 Å². The Hall–Kier alpha value is -1.47. The third kappa shape index (κ3) is 2.55. The van der Waals surface area contributed by atoms with Crippen molar-refractivity contribution in [1.82, 2.24) is 14.9 Å². The Labute approximate surface area is 117 Å². The molecule has 3 rings (SSSR count). The van der Waals surface area contributed by atoms with Crippen LogP contribution in [-0.4, -0.2) is 40.0 Å². The van der Waals surface area contributed by atoms with Crippen LogP contribution in [0.25, 0.3) is 0 Å². The molecule has 2 unspecified atom stereocenters. The molecule has 0 aliphatic carbocycles. The topological polar surface area (TPSA) is 79.1 Å². The zero-order chi connectivity index (χ0) is 14.1. The fourth-order valence-electron chi connectivity index (χ4n) is 3.46. The van der Waals surface area contributed by atoms with Crippen LogP contribution < -0.4 is 16.6 Å². The van der Waals surface area contributed by atoms with Gasteiger partial charge in [-0.3, -0.25) is 5.43 Å². The van der Waals surface area contributed by atoms with Gasteiger partial charge < -0.3 is 10.2 Å². The first-order valence-corrected chi connectivity index (χ1v) is 7.15. The number of fused-ring (bicyclic) bond motifs is 2. The highest BCUT2D eigenvalue weighted by Crippen LogP contribution is 2.33. The maximum absolute atomic E-state index is 13.8. The molecular formula is C13H21FN6. The largest absolute Gasteiger partial charge is 0.365 e. The van der Waals surface area contributed by atoms with Crippen LogP contribution in [0.1, 0.15) is 32.1 Å². The maximum atomic E-state index is 13.8. The van der Waals surface area contributed by atoms with Gasteiger partial charge in [0, 0.05) is 18.1 Å². The highest BCUT2D eigenvalue weighted by molar-refractivity contribution is 5.41. The zero-order valence-electron chi connectivity index (χ0n) is 11.6. The van der Waals surface area contributed by atoms with Crippen molar-refractivity contribution in [3.05, 3.63) is 12.0 Å². The van der Waals surface area contributed by atoms with Gasteiger partial charge >= 0.3 is 0 Å². The Morgan fingerprint density at radius 1 is 1.35 bits per heavy atom. The molecule has 2 atom stereocenters. The molecule has 2 saturated heterocycles. The first-order chi connectivity index (χ1) is 9.67. The molecule has 1 aromatic heterocycles. The summed E-state index contributed by atoms with van der Waals surface area (Å²) in [5.41, 5.74) is 2.34. The molecule has 1 aromatic rings. The van der Waals surface area contributed by atoms with E-state index in [4.69, 9.17) is 5.84 Å². The van der Waals surface area contributed by atoms with Gasteiger partial charge in [-0.15, -0.1) is 0 Å². The third-order valence-corrected chi connectivity index (χ3v) is 4.55. The minimum atomic E-state index is -0.437. The number of nitrogens with zero attached hydrogens (tertiary/aromatic N) is 3. The van der Waals surface area contributed by atoms with Crippen molar-refractivity contribution in [3.63, 3.8) is 0 Å². The summed E-state index contributed by atoms with van der Waals surface area (Å²) < 4.78 is 13.8. The van der Waals surface area contributed by atoms with Crippen LogP contribution in [0.5, 0.6) is 0 Å². The summed E-state index contributed by atoms with van der Waals surface area (Å²) in [5.74, 6) is 5.29. The quantitative estimate of drug-likeness (QED) is 0.572. The van der Waals surface area contributed by atoms with Gasteiger partial charge in [-0.25, -0.2) is 15.2 Å². The molecule has 2 aliphatic heterocycles. The molecule has 2 aliphatic rings. The van der Waals surface area contributed by atoms with Crippen LogP contribution in [0.4, 0.5) is 16.2 Å². The number of anilines is 2. The second-order valence-electron chi connectivity index (χ2n) is 5.75. The second kappa shape index (κ2) is 5.49. The summed E-state index contributed by atoms with van der Waals surface area (Å²) in [6.07, 6.45) is 6.96. The Morgan fingerprint density at radius 2 is 2.05 bits per heavy atom. The van der Waals surface area contributed by atoms with Crippen molar-refractivity contribution < 1.29 is 4.39 Å². The Kier molecular flexibility index (Phi) is 3.71. The fraction of sp³-hybridized carbons (Fsp3) is 0.692. The molecule has 110 valence electrons. The molecule has 4 N–H and O–H groups in total. The van der Waals surface area contributed by atoms with E-state index in [1.165, 1.54) is 19.3 Å². The standard InChI is InChI=1S/C13H21FN6/c1-20-9-3-2-4-10(20)6-8(5-9)17-12-11(14)7-16-13(18-12)19-15/h7-10H,2-6,15H2,1H3,(H2,16,17,18,19). The summed E-state index contributed by atoms with van der Waals surface area (Å²) >= 11 is 0. The lowest BCUT2D eigenvalue weighted by Gasteiger charge is -2.47. The van der Waals surface area contributed by atoms with Crippen molar-refractivity contribution in [2.45, 2.75) is 50.2 Å². The SMILES string of the molecule is CN1C2CCCC1CC(Nc1nc(NN)ncc1F)C2. The monoisotopic (exact) mass is 280 g/mol. The van der Waals surface area contributed by atoms with Crippen LogP contribution >= 0.6 is 0 Å². The maximum Gasteiger partial charge on any atom is 0.239 e. The minimum Gasteiger partial charge on any atom is -0.365 e. The van der Waals surface area contributed by atoms with Crippen molar-refractivity contribution >= 4 is 11.8 Å². The Balaban J connectivity index is 1.72. The van der Waals surface area contributed by atoms with Crippen LogP contribution in [0.3, 0.4) is 0 Å². The summed E-state index contributed by atoms with van der Waals surface area (Å²) in [4.78, 5) is 10.3. The summed E-state index contributed by atoms with van der Waals surface area (Å²) in [6, 6.07) is 1.45. The van der Waals surface area contributed by atoms with Gasteiger partial charge in [0.15, 0.2) is 11.6 Å². The van der Waals surface area contributed by atoms with Crippen molar-refractivity contribution in [2.24, 2.45) is 5.84 Å². The van der Waals surface area contributed by atoms with Crippen LogP contribution in [0.15, 0.2) is 6.20 Å². The van der Waals surface area contributed by atoms with Crippen molar-refractivity contribution in [3.8, 4) is 0 Å². The zero-order valence-corrected chi connectivity index (χ0v) is 11.6. The molecule has 7 heteroatoms. The molecule has 0 amide bonds. The smallest absolute Gasteiger partial charge is 0.239 e. The van der Waals surface area contributed by atoms with Gasteiger partial charge in [0.25, 0.3) is 0 Å². The van der Waals surface area contributed by atoms with Crippen LogP contribution in [0, 0.1) is 5.82 Å².